The number of nitrogens with zero attached hydrogens (tertiary/aromatic N) is 4. The van der Waals surface area contributed by atoms with E-state index in [-0.39, 0.29) is 5.91 Å². The molecule has 1 saturated heterocycles. The van der Waals surface area contributed by atoms with Crippen LogP contribution in [0.15, 0.2) is 36.7 Å². The molecule has 0 bridgehead atoms. The third kappa shape index (κ3) is 3.08. The predicted octanol–water partition coefficient (Wildman–Crippen LogP) is 3.32. The fourth-order valence-electron chi connectivity index (χ4n) is 3.02. The Kier molecular flexibility index (Phi) is 4.65. The van der Waals surface area contributed by atoms with Crippen molar-refractivity contribution in [2.24, 2.45) is 0 Å². The number of ether oxygens (including phenoxy) is 1. The maximum Gasteiger partial charge on any atom is 0.254 e. The predicted molar refractivity (Wildman–Crippen MR) is 104 cm³/mol. The van der Waals surface area contributed by atoms with Crippen molar-refractivity contribution in [3.63, 3.8) is 0 Å². The fourth-order valence-corrected chi connectivity index (χ4v) is 4.33. The van der Waals surface area contributed by atoms with E-state index in [0.29, 0.717) is 23.7 Å². The minimum absolute atomic E-state index is 0.0427. The summed E-state index contributed by atoms with van der Waals surface area (Å²) in [7, 11) is 1.63. The highest BCUT2D eigenvalue weighted by atomic mass is 35.5. The third-order valence-corrected chi connectivity index (χ3v) is 6.01. The molecule has 1 fully saturated rings. The summed E-state index contributed by atoms with van der Waals surface area (Å²) in [4.78, 5) is 25.3. The molecule has 3 heterocycles. The number of fused-ring (bicyclic) bond motifs is 1. The van der Waals surface area contributed by atoms with E-state index in [4.69, 9.17) is 21.3 Å². The lowest BCUT2D eigenvalue weighted by atomic mass is 10.2. The Morgan fingerprint density at radius 2 is 1.88 bits per heavy atom. The lowest BCUT2D eigenvalue weighted by Crippen LogP contribution is -2.48. The van der Waals surface area contributed by atoms with Crippen LogP contribution < -0.4 is 9.64 Å². The summed E-state index contributed by atoms with van der Waals surface area (Å²) >= 11 is 7.87. The Morgan fingerprint density at radius 1 is 1.15 bits per heavy atom. The average molecular weight is 389 g/mol. The second kappa shape index (κ2) is 7.09. The molecule has 0 atom stereocenters. The Morgan fingerprint density at radius 3 is 2.58 bits per heavy atom. The summed E-state index contributed by atoms with van der Waals surface area (Å²) in [6, 6.07) is 7.16. The fraction of sp³-hybridized carbons (Fsp3) is 0.278. The molecule has 6 nitrogen and oxygen atoms in total. The van der Waals surface area contributed by atoms with Gasteiger partial charge in [0, 0.05) is 44.1 Å². The molecule has 0 saturated carbocycles. The number of carbonyl (C=O) groups excluding carboxylic acids is 1. The van der Waals surface area contributed by atoms with Crippen LogP contribution in [0.4, 0.5) is 5.13 Å². The second-order valence-corrected chi connectivity index (χ2v) is 7.32. The SMILES string of the molecule is COc1ccc(Cl)c2sc(N3CCN(C(=O)c4ccncc4)CC3)nc12. The van der Waals surface area contributed by atoms with Crippen molar-refractivity contribution < 1.29 is 9.53 Å². The zero-order valence-corrected chi connectivity index (χ0v) is 15.8. The number of rotatable bonds is 3. The Hall–Kier alpha value is -2.38. The number of hydrogen-bond acceptors (Lipinski definition) is 6. The number of anilines is 1. The molecule has 3 aromatic rings. The monoisotopic (exact) mass is 388 g/mol. The van der Waals surface area contributed by atoms with Gasteiger partial charge in [0.2, 0.25) is 0 Å². The molecular formula is C18H17ClN4O2S. The topological polar surface area (TPSA) is 58.6 Å². The highest BCUT2D eigenvalue weighted by Crippen LogP contribution is 2.38. The molecule has 2 aromatic heterocycles. The summed E-state index contributed by atoms with van der Waals surface area (Å²) in [5.41, 5.74) is 1.46. The molecule has 1 aliphatic rings. The number of pyridine rings is 1. The molecule has 0 spiro atoms. The molecule has 8 heteroatoms. The van der Waals surface area contributed by atoms with E-state index in [1.54, 1.807) is 43.0 Å². The Balaban J connectivity index is 1.51. The first kappa shape index (κ1) is 17.1. The van der Waals surface area contributed by atoms with Crippen LogP contribution in [-0.2, 0) is 0 Å². The molecule has 1 aromatic carbocycles. The highest BCUT2D eigenvalue weighted by Gasteiger charge is 2.24. The Labute approximate surface area is 160 Å². The van der Waals surface area contributed by atoms with Crippen LogP contribution in [0.2, 0.25) is 5.02 Å². The van der Waals surface area contributed by atoms with Crippen LogP contribution in [0.3, 0.4) is 0 Å². The maximum absolute atomic E-state index is 12.5. The van der Waals surface area contributed by atoms with E-state index in [1.165, 1.54) is 0 Å². The quantitative estimate of drug-likeness (QED) is 0.688. The van der Waals surface area contributed by atoms with Crippen LogP contribution in [0.5, 0.6) is 5.75 Å². The van der Waals surface area contributed by atoms with Gasteiger partial charge in [0.15, 0.2) is 5.13 Å². The van der Waals surface area contributed by atoms with E-state index >= 15 is 0 Å². The highest BCUT2D eigenvalue weighted by molar-refractivity contribution is 7.22. The van der Waals surface area contributed by atoms with Crippen molar-refractivity contribution in [2.45, 2.75) is 0 Å². The van der Waals surface area contributed by atoms with Gasteiger partial charge in [-0.2, -0.15) is 0 Å². The van der Waals surface area contributed by atoms with E-state index in [1.807, 2.05) is 17.0 Å². The maximum atomic E-state index is 12.5. The molecule has 1 amide bonds. The van der Waals surface area contributed by atoms with Gasteiger partial charge in [-0.3, -0.25) is 9.78 Å². The van der Waals surface area contributed by atoms with Gasteiger partial charge in [0.1, 0.15) is 11.3 Å². The zero-order valence-electron chi connectivity index (χ0n) is 14.2. The Bertz CT molecular complexity index is 939. The molecule has 0 N–H and O–H groups in total. The van der Waals surface area contributed by atoms with Crippen molar-refractivity contribution in [1.29, 1.82) is 0 Å². The van der Waals surface area contributed by atoms with E-state index in [2.05, 4.69) is 9.88 Å². The van der Waals surface area contributed by atoms with Crippen LogP contribution in [0, 0.1) is 0 Å². The van der Waals surface area contributed by atoms with Gasteiger partial charge in [-0.15, -0.1) is 0 Å². The van der Waals surface area contributed by atoms with Gasteiger partial charge in [-0.1, -0.05) is 22.9 Å². The number of amides is 1. The van der Waals surface area contributed by atoms with Gasteiger partial charge in [0.05, 0.1) is 16.8 Å². The molecule has 134 valence electrons. The third-order valence-electron chi connectivity index (χ3n) is 4.43. The normalized spacial score (nSPS) is 14.7. The number of halogens is 1. The molecule has 4 rings (SSSR count). The van der Waals surface area contributed by atoms with E-state index < -0.39 is 0 Å². The molecule has 0 unspecified atom stereocenters. The first-order chi connectivity index (χ1) is 12.7. The molecule has 26 heavy (non-hydrogen) atoms. The van der Waals surface area contributed by atoms with Gasteiger partial charge in [0.25, 0.3) is 5.91 Å². The lowest BCUT2D eigenvalue weighted by molar-refractivity contribution is 0.0746. The smallest absolute Gasteiger partial charge is 0.254 e. The average Bonchev–Trinajstić information content (AvgIpc) is 3.15. The number of piperazine rings is 1. The van der Waals surface area contributed by atoms with Crippen molar-refractivity contribution in [1.82, 2.24) is 14.9 Å². The van der Waals surface area contributed by atoms with E-state index in [0.717, 1.165) is 34.2 Å². The van der Waals surface area contributed by atoms with Crippen molar-refractivity contribution in [3.8, 4) is 5.75 Å². The standard InChI is InChI=1S/C18H17ClN4O2S/c1-25-14-3-2-13(19)16-15(14)21-18(26-16)23-10-8-22(9-11-23)17(24)12-4-6-20-7-5-12/h2-7H,8-11H2,1H3. The van der Waals surface area contributed by atoms with Gasteiger partial charge < -0.3 is 14.5 Å². The zero-order chi connectivity index (χ0) is 18.1. The van der Waals surface area contributed by atoms with Crippen LogP contribution >= 0.6 is 22.9 Å². The summed E-state index contributed by atoms with van der Waals surface area (Å²) in [5, 5.41) is 1.58. The first-order valence-corrected chi connectivity index (χ1v) is 9.44. The van der Waals surface area contributed by atoms with Gasteiger partial charge in [-0.05, 0) is 24.3 Å². The summed E-state index contributed by atoms with van der Waals surface area (Å²) in [5.74, 6) is 0.763. The number of aromatic nitrogens is 2. The molecule has 0 aliphatic carbocycles. The summed E-state index contributed by atoms with van der Waals surface area (Å²) in [6.45, 7) is 2.77. The first-order valence-electron chi connectivity index (χ1n) is 8.24. The number of thiazole rings is 1. The van der Waals surface area contributed by atoms with Crippen molar-refractivity contribution in [3.05, 3.63) is 47.2 Å². The van der Waals surface area contributed by atoms with Crippen molar-refractivity contribution in [2.75, 3.05) is 38.2 Å². The second-order valence-electron chi connectivity index (χ2n) is 5.94. The lowest BCUT2D eigenvalue weighted by Gasteiger charge is -2.34. The van der Waals surface area contributed by atoms with Crippen LogP contribution in [0.1, 0.15) is 10.4 Å². The number of methoxy groups -OCH3 is 1. The number of carbonyl (C=O) groups is 1. The number of hydrogen-bond donors (Lipinski definition) is 0. The minimum atomic E-state index is 0.0427. The molecule has 0 radical (unpaired) electrons. The van der Waals surface area contributed by atoms with Crippen LogP contribution in [0.25, 0.3) is 10.2 Å². The molecular weight excluding hydrogens is 372 g/mol. The minimum Gasteiger partial charge on any atom is -0.494 e. The molecule has 1 aliphatic heterocycles. The summed E-state index contributed by atoms with van der Waals surface area (Å²) < 4.78 is 6.32. The summed E-state index contributed by atoms with van der Waals surface area (Å²) in [6.07, 6.45) is 3.28. The van der Waals surface area contributed by atoms with Gasteiger partial charge in [-0.25, -0.2) is 4.98 Å². The number of benzene rings is 1. The largest absolute Gasteiger partial charge is 0.494 e. The van der Waals surface area contributed by atoms with Crippen LogP contribution in [-0.4, -0.2) is 54.1 Å². The van der Waals surface area contributed by atoms with Gasteiger partial charge >= 0.3 is 0 Å². The van der Waals surface area contributed by atoms with E-state index in [9.17, 15) is 4.79 Å². The van der Waals surface area contributed by atoms with Crippen molar-refractivity contribution >= 4 is 44.2 Å².